The van der Waals surface area contributed by atoms with Gasteiger partial charge in [-0.15, -0.1) is 0 Å². The first-order valence-corrected chi connectivity index (χ1v) is 9.67. The second-order valence-corrected chi connectivity index (χ2v) is 7.29. The molecule has 0 aliphatic carbocycles. The Morgan fingerprint density at radius 2 is 1.63 bits per heavy atom. The lowest BCUT2D eigenvalue weighted by Gasteiger charge is -2.32. The molecule has 0 radical (unpaired) electrons. The zero-order chi connectivity index (χ0) is 18.5. The molecule has 0 N–H and O–H groups in total. The zero-order valence-corrected chi connectivity index (χ0v) is 15.5. The topological polar surface area (TPSA) is 38.1 Å². The molecule has 0 unspecified atom stereocenters. The monoisotopic (exact) mass is 359 g/mol. The third-order valence-electron chi connectivity index (χ3n) is 5.39. The van der Waals surface area contributed by atoms with E-state index in [-0.39, 0.29) is 5.91 Å². The van der Waals surface area contributed by atoms with Gasteiger partial charge in [-0.3, -0.25) is 9.48 Å². The van der Waals surface area contributed by atoms with Crippen molar-refractivity contribution in [3.8, 4) is 11.1 Å². The summed E-state index contributed by atoms with van der Waals surface area (Å²) in [6, 6.07) is 20.6. The second kappa shape index (κ2) is 8.21. The predicted molar refractivity (Wildman–Crippen MR) is 107 cm³/mol. The first-order valence-electron chi connectivity index (χ1n) is 9.67. The molecule has 1 amide bonds. The number of aromatic nitrogens is 2. The van der Waals surface area contributed by atoms with Gasteiger partial charge in [-0.1, -0.05) is 54.6 Å². The summed E-state index contributed by atoms with van der Waals surface area (Å²) in [4.78, 5) is 14.7. The lowest BCUT2D eigenvalue weighted by atomic mass is 9.96. The van der Waals surface area contributed by atoms with Crippen LogP contribution in [0.3, 0.4) is 0 Å². The Morgan fingerprint density at radius 3 is 2.30 bits per heavy atom. The van der Waals surface area contributed by atoms with Crippen molar-refractivity contribution in [2.45, 2.75) is 25.8 Å². The van der Waals surface area contributed by atoms with Crippen LogP contribution in [-0.4, -0.2) is 33.7 Å². The summed E-state index contributed by atoms with van der Waals surface area (Å²) < 4.78 is 2.00. The van der Waals surface area contributed by atoms with E-state index in [4.69, 9.17) is 0 Å². The average molecular weight is 359 g/mol. The number of likely N-dealkylation sites (tertiary alicyclic amines) is 1. The molecular weight excluding hydrogens is 334 g/mol. The maximum Gasteiger partial charge on any atom is 0.226 e. The van der Waals surface area contributed by atoms with Gasteiger partial charge in [-0.2, -0.15) is 5.10 Å². The summed E-state index contributed by atoms with van der Waals surface area (Å²) >= 11 is 0. The van der Waals surface area contributed by atoms with Crippen LogP contribution in [0.4, 0.5) is 0 Å². The first kappa shape index (κ1) is 17.5. The van der Waals surface area contributed by atoms with E-state index in [1.54, 1.807) is 0 Å². The minimum Gasteiger partial charge on any atom is -0.342 e. The standard InChI is InChI=1S/C23H25N3O/c27-23(25-15-11-20(12-16-25)18-26-14-4-13-24-26)17-19-7-9-22(10-8-19)21-5-2-1-3-6-21/h1-10,13-14,20H,11-12,15-18H2. The fourth-order valence-electron chi connectivity index (χ4n) is 3.77. The summed E-state index contributed by atoms with van der Waals surface area (Å²) in [5, 5.41) is 4.29. The van der Waals surface area contributed by atoms with Gasteiger partial charge in [0.15, 0.2) is 0 Å². The number of benzene rings is 2. The number of carbonyl (C=O) groups is 1. The van der Waals surface area contributed by atoms with E-state index < -0.39 is 0 Å². The molecule has 1 saturated heterocycles. The van der Waals surface area contributed by atoms with Crippen molar-refractivity contribution < 1.29 is 4.79 Å². The smallest absolute Gasteiger partial charge is 0.226 e. The molecule has 2 aromatic carbocycles. The van der Waals surface area contributed by atoms with Crippen LogP contribution in [0.1, 0.15) is 18.4 Å². The van der Waals surface area contributed by atoms with Crippen LogP contribution >= 0.6 is 0 Å². The normalized spacial score (nSPS) is 15.0. The van der Waals surface area contributed by atoms with Crippen LogP contribution in [0, 0.1) is 5.92 Å². The Labute approximate surface area is 160 Å². The molecule has 1 fully saturated rings. The Kier molecular flexibility index (Phi) is 5.33. The Morgan fingerprint density at radius 1 is 0.926 bits per heavy atom. The minimum absolute atomic E-state index is 0.236. The number of nitrogens with zero attached hydrogens (tertiary/aromatic N) is 3. The van der Waals surface area contributed by atoms with E-state index in [0.717, 1.165) is 38.0 Å². The molecular formula is C23H25N3O. The number of hydrogen-bond acceptors (Lipinski definition) is 2. The maximum absolute atomic E-state index is 12.7. The van der Waals surface area contributed by atoms with Gasteiger partial charge in [0.2, 0.25) is 5.91 Å². The van der Waals surface area contributed by atoms with E-state index in [9.17, 15) is 4.79 Å². The van der Waals surface area contributed by atoms with E-state index in [2.05, 4.69) is 41.5 Å². The van der Waals surface area contributed by atoms with Crippen LogP contribution in [0.15, 0.2) is 73.1 Å². The molecule has 4 rings (SSSR count). The fourth-order valence-corrected chi connectivity index (χ4v) is 3.77. The Balaban J connectivity index is 1.29. The fraction of sp³-hybridized carbons (Fsp3) is 0.304. The number of rotatable bonds is 5. The highest BCUT2D eigenvalue weighted by atomic mass is 16.2. The molecule has 138 valence electrons. The zero-order valence-electron chi connectivity index (χ0n) is 15.5. The maximum atomic E-state index is 12.7. The number of piperidine rings is 1. The van der Waals surface area contributed by atoms with E-state index in [0.29, 0.717) is 12.3 Å². The molecule has 1 aliphatic rings. The average Bonchev–Trinajstić information content (AvgIpc) is 3.23. The lowest BCUT2D eigenvalue weighted by molar-refractivity contribution is -0.131. The minimum atomic E-state index is 0.236. The molecule has 4 heteroatoms. The summed E-state index contributed by atoms with van der Waals surface area (Å²) in [5.74, 6) is 0.846. The third kappa shape index (κ3) is 4.45. The SMILES string of the molecule is O=C(Cc1ccc(-c2ccccc2)cc1)N1CCC(Cn2cccn2)CC1. The quantitative estimate of drug-likeness (QED) is 0.690. The van der Waals surface area contributed by atoms with Gasteiger partial charge in [0.1, 0.15) is 0 Å². The van der Waals surface area contributed by atoms with Crippen molar-refractivity contribution in [2.24, 2.45) is 5.92 Å². The van der Waals surface area contributed by atoms with Crippen LogP contribution in [-0.2, 0) is 17.8 Å². The van der Waals surface area contributed by atoms with Crippen molar-refractivity contribution in [2.75, 3.05) is 13.1 Å². The second-order valence-electron chi connectivity index (χ2n) is 7.29. The van der Waals surface area contributed by atoms with E-state index >= 15 is 0 Å². The molecule has 0 saturated carbocycles. The van der Waals surface area contributed by atoms with Crippen molar-refractivity contribution in [3.05, 3.63) is 78.6 Å². The van der Waals surface area contributed by atoms with Crippen molar-refractivity contribution >= 4 is 5.91 Å². The Bertz CT molecular complexity index is 848. The van der Waals surface area contributed by atoms with E-state index in [1.807, 2.05) is 46.2 Å². The van der Waals surface area contributed by atoms with Gasteiger partial charge in [0, 0.05) is 32.0 Å². The summed E-state index contributed by atoms with van der Waals surface area (Å²) in [5.41, 5.74) is 3.47. The number of amides is 1. The molecule has 1 aliphatic heterocycles. The van der Waals surface area contributed by atoms with Gasteiger partial charge in [-0.25, -0.2) is 0 Å². The molecule has 1 aromatic heterocycles. The highest BCUT2D eigenvalue weighted by molar-refractivity contribution is 5.79. The largest absolute Gasteiger partial charge is 0.342 e. The number of carbonyl (C=O) groups excluding carboxylic acids is 1. The van der Waals surface area contributed by atoms with Crippen LogP contribution in [0.2, 0.25) is 0 Å². The van der Waals surface area contributed by atoms with E-state index in [1.165, 1.54) is 11.1 Å². The van der Waals surface area contributed by atoms with Gasteiger partial charge < -0.3 is 4.90 Å². The molecule has 0 spiro atoms. The highest BCUT2D eigenvalue weighted by Gasteiger charge is 2.23. The molecule has 27 heavy (non-hydrogen) atoms. The number of hydrogen-bond donors (Lipinski definition) is 0. The molecule has 0 atom stereocenters. The summed E-state index contributed by atoms with van der Waals surface area (Å²) in [7, 11) is 0. The van der Waals surface area contributed by atoms with Gasteiger partial charge in [0.05, 0.1) is 6.42 Å². The first-order chi connectivity index (χ1) is 13.3. The molecule has 3 aromatic rings. The predicted octanol–water partition coefficient (Wildman–Crippen LogP) is 4.03. The summed E-state index contributed by atoms with van der Waals surface area (Å²) in [6.07, 6.45) is 6.42. The van der Waals surface area contributed by atoms with Gasteiger partial charge >= 0.3 is 0 Å². The highest BCUT2D eigenvalue weighted by Crippen LogP contribution is 2.21. The Hall–Kier alpha value is -2.88. The molecule has 2 heterocycles. The van der Waals surface area contributed by atoms with Gasteiger partial charge in [-0.05, 0) is 41.5 Å². The van der Waals surface area contributed by atoms with Crippen LogP contribution in [0.5, 0.6) is 0 Å². The molecule has 4 nitrogen and oxygen atoms in total. The third-order valence-corrected chi connectivity index (χ3v) is 5.39. The molecule has 0 bridgehead atoms. The van der Waals surface area contributed by atoms with Crippen LogP contribution in [0.25, 0.3) is 11.1 Å². The summed E-state index contributed by atoms with van der Waals surface area (Å²) in [6.45, 7) is 2.66. The van der Waals surface area contributed by atoms with Crippen molar-refractivity contribution in [1.29, 1.82) is 0 Å². The van der Waals surface area contributed by atoms with Crippen molar-refractivity contribution in [3.63, 3.8) is 0 Å². The lowest BCUT2D eigenvalue weighted by Crippen LogP contribution is -2.40. The van der Waals surface area contributed by atoms with Gasteiger partial charge in [0.25, 0.3) is 0 Å². The van der Waals surface area contributed by atoms with Crippen LogP contribution < -0.4 is 0 Å². The van der Waals surface area contributed by atoms with Crippen molar-refractivity contribution in [1.82, 2.24) is 14.7 Å².